The largest absolute Gasteiger partial charge is 0.364 e. The Kier molecular flexibility index (Phi) is 6.70. The molecular formula is C13H22N6S2. The van der Waals surface area contributed by atoms with Crippen LogP contribution in [0.2, 0.25) is 0 Å². The van der Waals surface area contributed by atoms with Crippen LogP contribution in [0.25, 0.3) is 0 Å². The summed E-state index contributed by atoms with van der Waals surface area (Å²) in [6.07, 6.45) is 1.70. The van der Waals surface area contributed by atoms with Gasteiger partial charge in [0.2, 0.25) is 0 Å². The minimum atomic E-state index is 0.508. The summed E-state index contributed by atoms with van der Waals surface area (Å²) in [6, 6.07) is 0. The zero-order valence-electron chi connectivity index (χ0n) is 13.1. The van der Waals surface area contributed by atoms with Gasteiger partial charge in [-0.3, -0.25) is 5.43 Å². The summed E-state index contributed by atoms with van der Waals surface area (Å²) in [5.41, 5.74) is 7.04. The molecule has 0 bridgehead atoms. The Hall–Kier alpha value is -1.54. The van der Waals surface area contributed by atoms with Gasteiger partial charge in [-0.1, -0.05) is 0 Å². The lowest BCUT2D eigenvalue weighted by atomic mass is 10.1. The second kappa shape index (κ2) is 8.04. The van der Waals surface area contributed by atoms with Crippen LogP contribution in [0, 0.1) is 13.8 Å². The first-order valence-electron chi connectivity index (χ1n) is 6.68. The van der Waals surface area contributed by atoms with E-state index in [4.69, 9.17) is 24.4 Å². The third kappa shape index (κ3) is 4.75. The fourth-order valence-electron chi connectivity index (χ4n) is 1.90. The van der Waals surface area contributed by atoms with E-state index in [0.29, 0.717) is 10.2 Å². The first kappa shape index (κ1) is 17.5. The van der Waals surface area contributed by atoms with Crippen LogP contribution in [0.15, 0.2) is 5.10 Å². The van der Waals surface area contributed by atoms with Crippen molar-refractivity contribution in [2.75, 3.05) is 14.1 Å². The van der Waals surface area contributed by atoms with E-state index in [1.165, 1.54) is 5.56 Å². The maximum absolute atomic E-state index is 5.24. The minimum absolute atomic E-state index is 0.508. The van der Waals surface area contributed by atoms with Crippen LogP contribution in [0.4, 0.5) is 0 Å². The SMILES string of the molecule is CNC(=S)N/N=C(/C)CCc1c(C)nn(C(=S)NC)c1C. The van der Waals surface area contributed by atoms with Crippen molar-refractivity contribution in [3.8, 4) is 0 Å². The van der Waals surface area contributed by atoms with E-state index in [-0.39, 0.29) is 0 Å². The molecule has 0 aliphatic rings. The van der Waals surface area contributed by atoms with Crippen LogP contribution >= 0.6 is 24.4 Å². The molecule has 1 aromatic heterocycles. The van der Waals surface area contributed by atoms with Crippen molar-refractivity contribution in [2.24, 2.45) is 5.10 Å². The van der Waals surface area contributed by atoms with Gasteiger partial charge in [-0.2, -0.15) is 10.2 Å². The Morgan fingerprint density at radius 2 is 1.90 bits per heavy atom. The molecule has 0 unspecified atom stereocenters. The fourth-order valence-corrected chi connectivity index (χ4v) is 2.13. The van der Waals surface area contributed by atoms with Crippen LogP contribution in [0.5, 0.6) is 0 Å². The molecule has 0 aliphatic carbocycles. The predicted octanol–water partition coefficient (Wildman–Crippen LogP) is 1.25. The van der Waals surface area contributed by atoms with E-state index in [2.05, 4.69) is 26.3 Å². The topological polar surface area (TPSA) is 66.3 Å². The molecular weight excluding hydrogens is 304 g/mol. The highest BCUT2D eigenvalue weighted by molar-refractivity contribution is 7.80. The maximum Gasteiger partial charge on any atom is 0.193 e. The summed E-state index contributed by atoms with van der Waals surface area (Å²) in [6.45, 7) is 6.00. The van der Waals surface area contributed by atoms with Gasteiger partial charge in [-0.25, -0.2) is 4.68 Å². The Labute approximate surface area is 136 Å². The zero-order valence-corrected chi connectivity index (χ0v) is 14.7. The van der Waals surface area contributed by atoms with E-state index in [0.717, 1.165) is 29.9 Å². The quantitative estimate of drug-likeness (QED) is 0.440. The number of rotatable bonds is 4. The van der Waals surface area contributed by atoms with E-state index in [9.17, 15) is 0 Å². The highest BCUT2D eigenvalue weighted by Gasteiger charge is 2.13. The van der Waals surface area contributed by atoms with Crippen molar-refractivity contribution < 1.29 is 0 Å². The van der Waals surface area contributed by atoms with Gasteiger partial charge in [0.15, 0.2) is 10.2 Å². The predicted molar refractivity (Wildman–Crippen MR) is 95.0 cm³/mol. The Bertz CT molecular complexity index is 561. The van der Waals surface area contributed by atoms with E-state index in [1.807, 2.05) is 20.8 Å². The molecule has 0 aliphatic heterocycles. The molecule has 8 heteroatoms. The van der Waals surface area contributed by atoms with Crippen molar-refractivity contribution in [2.45, 2.75) is 33.6 Å². The van der Waals surface area contributed by atoms with Crippen LogP contribution in [-0.4, -0.2) is 39.8 Å². The normalized spacial score (nSPS) is 11.2. The van der Waals surface area contributed by atoms with Crippen molar-refractivity contribution in [1.82, 2.24) is 25.8 Å². The number of hydrogen-bond acceptors (Lipinski definition) is 4. The average molecular weight is 326 g/mol. The second-order valence-electron chi connectivity index (χ2n) is 4.65. The first-order valence-corrected chi connectivity index (χ1v) is 7.50. The lowest BCUT2D eigenvalue weighted by molar-refractivity contribution is 0.857. The number of nitrogens with one attached hydrogen (secondary N) is 3. The van der Waals surface area contributed by atoms with Crippen molar-refractivity contribution in [3.05, 3.63) is 17.0 Å². The molecule has 21 heavy (non-hydrogen) atoms. The summed E-state index contributed by atoms with van der Waals surface area (Å²) in [4.78, 5) is 0. The van der Waals surface area contributed by atoms with E-state index in [1.54, 1.807) is 18.8 Å². The minimum Gasteiger partial charge on any atom is -0.364 e. The van der Waals surface area contributed by atoms with Gasteiger partial charge in [0, 0.05) is 25.5 Å². The number of aromatic nitrogens is 2. The van der Waals surface area contributed by atoms with Crippen LogP contribution in [0.3, 0.4) is 0 Å². The van der Waals surface area contributed by atoms with Gasteiger partial charge < -0.3 is 10.6 Å². The monoisotopic (exact) mass is 326 g/mol. The first-order chi connectivity index (χ1) is 9.90. The standard InChI is InChI=1S/C13H22N6S2/c1-8(16-17-12(20)14-4)6-7-11-9(2)18-19(10(11)3)13(21)15-5/h6-7H2,1-5H3,(H,15,21)(H2,14,17,20)/b16-8-. The molecule has 0 saturated carbocycles. The molecule has 0 radical (unpaired) electrons. The molecule has 3 N–H and O–H groups in total. The summed E-state index contributed by atoms with van der Waals surface area (Å²) in [5, 5.41) is 15.6. The number of hydrogen-bond donors (Lipinski definition) is 3. The van der Waals surface area contributed by atoms with Crippen molar-refractivity contribution in [1.29, 1.82) is 0 Å². The summed E-state index contributed by atoms with van der Waals surface area (Å²) < 4.78 is 1.76. The fraction of sp³-hybridized carbons (Fsp3) is 0.538. The Balaban J connectivity index is 2.74. The van der Waals surface area contributed by atoms with Gasteiger partial charge in [0.1, 0.15) is 0 Å². The Morgan fingerprint density at radius 3 is 2.48 bits per heavy atom. The van der Waals surface area contributed by atoms with Gasteiger partial charge in [0.25, 0.3) is 0 Å². The zero-order chi connectivity index (χ0) is 16.0. The van der Waals surface area contributed by atoms with Gasteiger partial charge in [-0.15, -0.1) is 0 Å². The number of thiocarbonyl (C=S) groups is 2. The van der Waals surface area contributed by atoms with Crippen LogP contribution < -0.4 is 16.1 Å². The van der Waals surface area contributed by atoms with Gasteiger partial charge in [0.05, 0.1) is 5.69 Å². The third-order valence-corrected chi connectivity index (χ3v) is 3.83. The third-order valence-electron chi connectivity index (χ3n) is 3.16. The summed E-state index contributed by atoms with van der Waals surface area (Å²) >= 11 is 10.2. The summed E-state index contributed by atoms with van der Waals surface area (Å²) in [7, 11) is 3.55. The maximum atomic E-state index is 5.24. The van der Waals surface area contributed by atoms with Gasteiger partial charge >= 0.3 is 0 Å². The lowest BCUT2D eigenvalue weighted by Gasteiger charge is -2.06. The highest BCUT2D eigenvalue weighted by Crippen LogP contribution is 2.15. The van der Waals surface area contributed by atoms with E-state index >= 15 is 0 Å². The summed E-state index contributed by atoms with van der Waals surface area (Å²) in [5.74, 6) is 0. The second-order valence-corrected chi connectivity index (χ2v) is 5.45. The lowest BCUT2D eigenvalue weighted by Crippen LogP contribution is -2.29. The van der Waals surface area contributed by atoms with Crippen molar-refractivity contribution in [3.63, 3.8) is 0 Å². The number of hydrazone groups is 1. The van der Waals surface area contributed by atoms with E-state index < -0.39 is 0 Å². The molecule has 0 saturated heterocycles. The van der Waals surface area contributed by atoms with Gasteiger partial charge in [-0.05, 0) is 63.6 Å². The molecule has 6 nitrogen and oxygen atoms in total. The molecule has 0 amide bonds. The smallest absolute Gasteiger partial charge is 0.193 e. The molecule has 0 spiro atoms. The molecule has 1 aromatic rings. The van der Waals surface area contributed by atoms with Crippen LogP contribution in [0.1, 0.15) is 30.3 Å². The number of aryl methyl sites for hydroxylation is 1. The van der Waals surface area contributed by atoms with Crippen LogP contribution in [-0.2, 0) is 6.42 Å². The molecule has 1 heterocycles. The average Bonchev–Trinajstić information content (AvgIpc) is 2.76. The molecule has 1 rings (SSSR count). The molecule has 0 fully saturated rings. The highest BCUT2D eigenvalue weighted by atomic mass is 32.1. The number of nitrogens with zero attached hydrogens (tertiary/aromatic N) is 3. The Morgan fingerprint density at radius 1 is 1.24 bits per heavy atom. The molecule has 116 valence electrons. The molecule has 0 atom stereocenters. The van der Waals surface area contributed by atoms with Crippen molar-refractivity contribution >= 4 is 40.4 Å². The molecule has 0 aromatic carbocycles.